The van der Waals surface area contributed by atoms with Crippen LogP contribution in [0.1, 0.15) is 107 Å². The Bertz CT molecular complexity index is 816. The fourth-order valence-electron chi connectivity index (χ4n) is 5.60. The molecule has 0 saturated heterocycles. The lowest BCUT2D eigenvalue weighted by Gasteiger charge is -2.31. The number of benzene rings is 1. The Morgan fingerprint density at radius 1 is 1.00 bits per heavy atom. The summed E-state index contributed by atoms with van der Waals surface area (Å²) in [5.74, 6) is 1.47. The summed E-state index contributed by atoms with van der Waals surface area (Å²) in [6, 6.07) is 11.3. The number of nitriles is 1. The lowest BCUT2D eigenvalue weighted by Crippen LogP contribution is -2.29. The van der Waals surface area contributed by atoms with Crippen LogP contribution in [0.3, 0.4) is 0 Å². The van der Waals surface area contributed by atoms with Crippen LogP contribution in [0.4, 0.5) is 0 Å². The Kier molecular flexibility index (Phi) is 11.5. The van der Waals surface area contributed by atoms with Crippen molar-refractivity contribution in [1.82, 2.24) is 0 Å². The van der Waals surface area contributed by atoms with E-state index in [1.54, 1.807) is 6.08 Å². The van der Waals surface area contributed by atoms with E-state index < -0.39 is 0 Å². The van der Waals surface area contributed by atoms with Crippen LogP contribution in [-0.2, 0) is 16.0 Å². The maximum atomic E-state index is 12.8. The molecule has 0 spiro atoms. The molecule has 0 amide bonds. The summed E-state index contributed by atoms with van der Waals surface area (Å²) in [6.07, 6.45) is 23.2. The van der Waals surface area contributed by atoms with E-state index in [2.05, 4.69) is 37.3 Å². The van der Waals surface area contributed by atoms with Crippen LogP contribution in [0.25, 0.3) is 0 Å². The van der Waals surface area contributed by atoms with Crippen molar-refractivity contribution in [3.05, 3.63) is 59.7 Å². The number of carbonyl (C=O) groups excluding carboxylic acids is 1. The number of ether oxygens (including phenoxy) is 1. The zero-order chi connectivity index (χ0) is 24.0. The Balaban J connectivity index is 1.32. The molecule has 184 valence electrons. The van der Waals surface area contributed by atoms with Crippen molar-refractivity contribution >= 4 is 5.97 Å². The second-order valence-electron chi connectivity index (χ2n) is 10.3. The molecule has 34 heavy (non-hydrogen) atoms. The number of hydrogen-bond donors (Lipinski definition) is 0. The largest absolute Gasteiger partial charge is 0.462 e. The topological polar surface area (TPSA) is 50.1 Å². The van der Waals surface area contributed by atoms with E-state index >= 15 is 0 Å². The lowest BCUT2D eigenvalue weighted by atomic mass is 9.78. The molecule has 0 aliphatic heterocycles. The Morgan fingerprint density at radius 2 is 1.74 bits per heavy atom. The van der Waals surface area contributed by atoms with Gasteiger partial charge in [0.25, 0.3) is 0 Å². The van der Waals surface area contributed by atoms with Gasteiger partial charge in [-0.1, -0.05) is 62.3 Å². The van der Waals surface area contributed by atoms with Gasteiger partial charge in [0.2, 0.25) is 0 Å². The van der Waals surface area contributed by atoms with Gasteiger partial charge in [-0.25, -0.2) is 0 Å². The summed E-state index contributed by atoms with van der Waals surface area (Å²) >= 11 is 0. The van der Waals surface area contributed by atoms with Gasteiger partial charge >= 0.3 is 5.97 Å². The van der Waals surface area contributed by atoms with Crippen molar-refractivity contribution in [3.63, 3.8) is 0 Å². The van der Waals surface area contributed by atoms with Gasteiger partial charge in [0, 0.05) is 6.08 Å². The van der Waals surface area contributed by atoms with Crippen molar-refractivity contribution in [3.8, 4) is 6.07 Å². The molecule has 0 bridgehead atoms. The predicted octanol–water partition coefficient (Wildman–Crippen LogP) is 8.21. The van der Waals surface area contributed by atoms with Gasteiger partial charge < -0.3 is 4.74 Å². The molecule has 2 fully saturated rings. The average Bonchev–Trinajstić information content (AvgIpc) is 2.88. The van der Waals surface area contributed by atoms with Gasteiger partial charge in [-0.15, -0.1) is 0 Å². The molecule has 3 rings (SSSR count). The Labute approximate surface area is 207 Å². The molecule has 0 atom stereocenters. The monoisotopic (exact) mass is 461 g/mol. The number of rotatable bonds is 11. The number of aryl methyl sites for hydroxylation is 1. The summed E-state index contributed by atoms with van der Waals surface area (Å²) in [5, 5.41) is 8.49. The third kappa shape index (κ3) is 8.79. The summed E-state index contributed by atoms with van der Waals surface area (Å²) < 4.78 is 5.96. The summed E-state index contributed by atoms with van der Waals surface area (Å²) in [7, 11) is 0. The highest BCUT2D eigenvalue weighted by Crippen LogP contribution is 2.37. The maximum absolute atomic E-state index is 12.8. The predicted molar refractivity (Wildman–Crippen MR) is 139 cm³/mol. The maximum Gasteiger partial charge on any atom is 0.309 e. The van der Waals surface area contributed by atoms with Crippen LogP contribution in [-0.4, -0.2) is 12.1 Å². The Morgan fingerprint density at radius 3 is 2.41 bits per heavy atom. The molecule has 0 N–H and O–H groups in total. The first-order valence-corrected chi connectivity index (χ1v) is 13.7. The van der Waals surface area contributed by atoms with Crippen molar-refractivity contribution < 1.29 is 9.53 Å². The van der Waals surface area contributed by atoms with Gasteiger partial charge in [0.05, 0.1) is 12.0 Å². The van der Waals surface area contributed by atoms with Crippen LogP contribution < -0.4 is 0 Å². The number of unbranched alkanes of at least 4 members (excludes halogenated alkanes) is 2. The minimum atomic E-state index is 0.0559. The molecule has 0 aromatic heterocycles. The summed E-state index contributed by atoms with van der Waals surface area (Å²) in [6.45, 7) is 2.25. The minimum absolute atomic E-state index is 0.0559. The van der Waals surface area contributed by atoms with E-state index in [1.165, 1.54) is 49.3 Å². The van der Waals surface area contributed by atoms with Gasteiger partial charge in [-0.3, -0.25) is 4.79 Å². The van der Waals surface area contributed by atoms with Crippen molar-refractivity contribution in [2.45, 2.75) is 109 Å². The van der Waals surface area contributed by atoms with Gasteiger partial charge in [-0.2, -0.15) is 5.26 Å². The molecule has 2 aliphatic carbocycles. The normalized spacial score (nSPS) is 25.4. The summed E-state index contributed by atoms with van der Waals surface area (Å²) in [5.41, 5.74) is 2.90. The molecule has 0 radical (unpaired) electrons. The third-order valence-corrected chi connectivity index (χ3v) is 7.82. The van der Waals surface area contributed by atoms with Gasteiger partial charge in [-0.05, 0) is 100 Å². The highest BCUT2D eigenvalue weighted by atomic mass is 16.5. The Hall–Kier alpha value is -2.34. The van der Waals surface area contributed by atoms with E-state index in [0.717, 1.165) is 63.7 Å². The van der Waals surface area contributed by atoms with Crippen LogP contribution >= 0.6 is 0 Å². The van der Waals surface area contributed by atoms with Gasteiger partial charge in [0.15, 0.2) is 0 Å². The number of nitrogens with zero attached hydrogens (tertiary/aromatic N) is 1. The standard InChI is InChI=1S/C31H43NO2/c1-2-3-7-10-25-12-16-27(17-13-25)28-18-20-29(21-19-28)31(33)34-30-22-14-26(15-23-30)11-8-5-4-6-9-24-32/h4-6,9,12-13,16-17,26,28-30H,2-3,7-8,10-11,14-15,18-23H2,1H3. The van der Waals surface area contributed by atoms with E-state index in [1.807, 2.05) is 12.1 Å². The SMILES string of the molecule is CCCCCc1ccc(C2CCC(C(=O)OC3CCC(CCC=CC=CC#N)CC3)CC2)cc1. The zero-order valence-electron chi connectivity index (χ0n) is 21.1. The first-order chi connectivity index (χ1) is 16.7. The van der Waals surface area contributed by atoms with Crippen molar-refractivity contribution in [2.24, 2.45) is 11.8 Å². The first-order valence-electron chi connectivity index (χ1n) is 13.7. The quantitative estimate of drug-likeness (QED) is 0.144. The average molecular weight is 462 g/mol. The molecule has 2 saturated carbocycles. The third-order valence-electron chi connectivity index (χ3n) is 7.82. The molecule has 0 heterocycles. The van der Waals surface area contributed by atoms with E-state index in [0.29, 0.717) is 5.92 Å². The molecule has 1 aromatic rings. The lowest BCUT2D eigenvalue weighted by molar-refractivity contribution is -0.157. The fourth-order valence-corrected chi connectivity index (χ4v) is 5.60. The number of carbonyl (C=O) groups is 1. The second kappa shape index (κ2) is 14.8. The first kappa shape index (κ1) is 26.3. The van der Waals surface area contributed by atoms with Crippen LogP contribution in [0.2, 0.25) is 0 Å². The van der Waals surface area contributed by atoms with Crippen molar-refractivity contribution in [1.29, 1.82) is 5.26 Å². The van der Waals surface area contributed by atoms with Gasteiger partial charge in [0.1, 0.15) is 6.10 Å². The van der Waals surface area contributed by atoms with E-state index in [9.17, 15) is 4.79 Å². The fraction of sp³-hybridized carbons (Fsp3) is 0.613. The molecule has 3 heteroatoms. The number of allylic oxidation sites excluding steroid dienone is 4. The van der Waals surface area contributed by atoms with E-state index in [-0.39, 0.29) is 18.0 Å². The molecule has 2 aliphatic rings. The van der Waals surface area contributed by atoms with Crippen LogP contribution in [0, 0.1) is 23.2 Å². The molecule has 1 aromatic carbocycles. The van der Waals surface area contributed by atoms with Crippen LogP contribution in [0.5, 0.6) is 0 Å². The highest BCUT2D eigenvalue weighted by Gasteiger charge is 2.31. The second-order valence-corrected chi connectivity index (χ2v) is 10.3. The zero-order valence-corrected chi connectivity index (χ0v) is 21.1. The number of hydrogen-bond acceptors (Lipinski definition) is 3. The molecular formula is C31H43NO2. The molecule has 0 unspecified atom stereocenters. The molecular weight excluding hydrogens is 418 g/mol. The highest BCUT2D eigenvalue weighted by molar-refractivity contribution is 5.72. The smallest absolute Gasteiger partial charge is 0.309 e. The summed E-state index contributed by atoms with van der Waals surface area (Å²) in [4.78, 5) is 12.8. The van der Waals surface area contributed by atoms with E-state index in [4.69, 9.17) is 10.00 Å². The minimum Gasteiger partial charge on any atom is -0.462 e. The van der Waals surface area contributed by atoms with Crippen LogP contribution in [0.15, 0.2) is 48.6 Å². The molecule has 3 nitrogen and oxygen atoms in total. The van der Waals surface area contributed by atoms with Crippen molar-refractivity contribution in [2.75, 3.05) is 0 Å². The number of esters is 1.